The van der Waals surface area contributed by atoms with Gasteiger partial charge in [-0.25, -0.2) is 8.91 Å². The quantitative estimate of drug-likeness (QED) is 0.436. The number of hydrogen-bond acceptors (Lipinski definition) is 7. The first-order valence-electron chi connectivity index (χ1n) is 10.6. The van der Waals surface area contributed by atoms with Crippen LogP contribution < -0.4 is 4.74 Å². The normalized spacial score (nSPS) is 15.1. The van der Waals surface area contributed by atoms with Gasteiger partial charge in [0.15, 0.2) is 6.19 Å². The topological polar surface area (TPSA) is 104 Å². The zero-order valence-electron chi connectivity index (χ0n) is 18.5. The van der Waals surface area contributed by atoms with Crippen molar-refractivity contribution in [2.75, 3.05) is 13.2 Å². The molecule has 0 saturated carbocycles. The maximum atomic E-state index is 13.2. The largest absolute Gasteiger partial charge is 0.488 e. The van der Waals surface area contributed by atoms with E-state index >= 15 is 0 Å². The molecule has 11 heteroatoms. The van der Waals surface area contributed by atoms with Crippen molar-refractivity contribution in [2.45, 2.75) is 32.5 Å². The number of fused-ring (bicyclic) bond motifs is 2. The number of aromatic nitrogens is 5. The third-order valence-corrected chi connectivity index (χ3v) is 6.25. The fourth-order valence-corrected chi connectivity index (χ4v) is 4.30. The maximum Gasteiger partial charge on any atom is 0.179 e. The van der Waals surface area contributed by atoms with Crippen molar-refractivity contribution in [3.63, 3.8) is 0 Å². The highest BCUT2D eigenvalue weighted by atomic mass is 35.5. The van der Waals surface area contributed by atoms with Crippen molar-refractivity contribution in [3.05, 3.63) is 64.6 Å². The summed E-state index contributed by atoms with van der Waals surface area (Å²) in [5.74, 6) is -0.0802. The molecule has 4 aromatic rings. The van der Waals surface area contributed by atoms with Crippen LogP contribution in [0, 0.1) is 24.2 Å². The predicted molar refractivity (Wildman–Crippen MR) is 121 cm³/mol. The monoisotopic (exact) mass is 481 g/mol. The highest BCUT2D eigenvalue weighted by molar-refractivity contribution is 6.34. The number of nitrogens with zero attached hydrogens (tertiary/aromatic N) is 7. The first-order chi connectivity index (χ1) is 16.3. The molecule has 5 rings (SSSR count). The molecule has 0 aliphatic carbocycles. The summed E-state index contributed by atoms with van der Waals surface area (Å²) in [5, 5.41) is 29.7. The molecule has 0 saturated heterocycles. The molecular formula is C23H21ClFN7O2. The van der Waals surface area contributed by atoms with Crippen LogP contribution in [-0.2, 0) is 18.7 Å². The number of hydrogen-bond donors (Lipinski definition) is 1. The number of rotatable bonds is 5. The van der Waals surface area contributed by atoms with Gasteiger partial charge in [-0.05, 0) is 32.0 Å². The van der Waals surface area contributed by atoms with Crippen molar-refractivity contribution >= 4 is 17.1 Å². The number of nitriles is 1. The van der Waals surface area contributed by atoms with Crippen LogP contribution in [-0.4, -0.2) is 47.5 Å². The van der Waals surface area contributed by atoms with Crippen LogP contribution >= 0.6 is 11.6 Å². The molecule has 1 N–H and O–H groups in total. The van der Waals surface area contributed by atoms with Gasteiger partial charge in [0.05, 0.1) is 47.6 Å². The molecule has 0 spiro atoms. The fourth-order valence-electron chi connectivity index (χ4n) is 4.08. The Labute approximate surface area is 199 Å². The SMILES string of the molecule is Cc1c(-c2cc(OCC(C)(O)c3ccc(F)cn3)c3c(Cl)cnn3c2)nn2c1CN(C#N)CC2. The summed E-state index contributed by atoms with van der Waals surface area (Å²) in [6.07, 6.45) is 6.58. The van der Waals surface area contributed by atoms with Crippen molar-refractivity contribution < 1.29 is 14.2 Å². The molecule has 0 radical (unpaired) electrons. The van der Waals surface area contributed by atoms with E-state index in [2.05, 4.69) is 16.3 Å². The number of aliphatic hydroxyl groups is 1. The third-order valence-electron chi connectivity index (χ3n) is 5.98. The molecule has 174 valence electrons. The summed E-state index contributed by atoms with van der Waals surface area (Å²) in [7, 11) is 0. The van der Waals surface area contributed by atoms with Crippen LogP contribution in [0.15, 0.2) is 36.8 Å². The average Bonchev–Trinajstić information content (AvgIpc) is 3.37. The number of pyridine rings is 2. The molecule has 9 nitrogen and oxygen atoms in total. The van der Waals surface area contributed by atoms with Gasteiger partial charge in [-0.15, -0.1) is 0 Å². The smallest absolute Gasteiger partial charge is 0.179 e. The van der Waals surface area contributed by atoms with E-state index < -0.39 is 11.4 Å². The van der Waals surface area contributed by atoms with E-state index in [1.54, 1.807) is 22.4 Å². The van der Waals surface area contributed by atoms with Crippen molar-refractivity contribution in [2.24, 2.45) is 0 Å². The molecule has 1 aliphatic rings. The van der Waals surface area contributed by atoms with E-state index in [0.29, 0.717) is 35.9 Å². The van der Waals surface area contributed by atoms with Crippen LogP contribution in [0.2, 0.25) is 5.02 Å². The van der Waals surface area contributed by atoms with Crippen molar-refractivity contribution in [3.8, 4) is 23.2 Å². The molecular weight excluding hydrogens is 461 g/mol. The van der Waals surface area contributed by atoms with Gasteiger partial charge in [-0.1, -0.05) is 11.6 Å². The van der Waals surface area contributed by atoms with Crippen molar-refractivity contribution in [1.29, 1.82) is 5.26 Å². The second-order valence-electron chi connectivity index (χ2n) is 8.47. The average molecular weight is 482 g/mol. The van der Waals surface area contributed by atoms with Crippen LogP contribution in [0.25, 0.3) is 16.8 Å². The molecule has 0 amide bonds. The predicted octanol–water partition coefficient (Wildman–Crippen LogP) is 3.28. The first-order valence-corrected chi connectivity index (χ1v) is 11.0. The van der Waals surface area contributed by atoms with Gasteiger partial charge in [-0.3, -0.25) is 9.67 Å². The Hall–Kier alpha value is -3.68. The van der Waals surface area contributed by atoms with Crippen LogP contribution in [0.3, 0.4) is 0 Å². The molecule has 1 aliphatic heterocycles. The van der Waals surface area contributed by atoms with Gasteiger partial charge in [0.1, 0.15) is 29.3 Å². The summed E-state index contributed by atoms with van der Waals surface area (Å²) in [4.78, 5) is 5.67. The van der Waals surface area contributed by atoms with E-state index in [9.17, 15) is 14.8 Å². The lowest BCUT2D eigenvalue weighted by Gasteiger charge is -2.23. The first kappa shape index (κ1) is 22.1. The highest BCUT2D eigenvalue weighted by Gasteiger charge is 2.28. The Bertz CT molecular complexity index is 1420. The summed E-state index contributed by atoms with van der Waals surface area (Å²) < 4.78 is 22.8. The third kappa shape index (κ3) is 3.83. The van der Waals surface area contributed by atoms with E-state index in [1.165, 1.54) is 18.3 Å². The molecule has 0 fully saturated rings. The summed E-state index contributed by atoms with van der Waals surface area (Å²) >= 11 is 6.37. The fraction of sp³-hybridized carbons (Fsp3) is 0.304. The Kier molecular flexibility index (Phi) is 5.38. The Morgan fingerprint density at radius 3 is 2.88 bits per heavy atom. The van der Waals surface area contributed by atoms with Gasteiger partial charge in [0, 0.05) is 23.9 Å². The Morgan fingerprint density at radius 2 is 2.15 bits per heavy atom. The van der Waals surface area contributed by atoms with Gasteiger partial charge >= 0.3 is 0 Å². The van der Waals surface area contributed by atoms with E-state index in [4.69, 9.17) is 21.4 Å². The molecule has 4 aromatic heterocycles. The molecule has 0 bridgehead atoms. The van der Waals surface area contributed by atoms with E-state index in [-0.39, 0.29) is 12.3 Å². The second kappa shape index (κ2) is 8.27. The lowest BCUT2D eigenvalue weighted by atomic mass is 10.0. The summed E-state index contributed by atoms with van der Waals surface area (Å²) in [5.41, 5.74) is 2.80. The zero-order chi connectivity index (χ0) is 24.0. The van der Waals surface area contributed by atoms with Gasteiger partial charge in [-0.2, -0.15) is 15.5 Å². The van der Waals surface area contributed by atoms with Crippen molar-refractivity contribution in [1.82, 2.24) is 29.3 Å². The standard InChI is InChI=1S/C23H21ClFN7O2/c1-14-18-11-30(13-26)5-6-31(18)29-21(14)15-7-19(22-17(24)9-28-32(22)10-15)34-12-23(2,33)20-4-3-16(25)8-27-20/h3-4,7-10,33H,5-6,11-12H2,1-2H3. The number of halogens is 2. The maximum absolute atomic E-state index is 13.2. The van der Waals surface area contributed by atoms with Gasteiger partial charge in [0.25, 0.3) is 0 Å². The van der Waals surface area contributed by atoms with E-state index in [0.717, 1.165) is 28.7 Å². The summed E-state index contributed by atoms with van der Waals surface area (Å²) in [6, 6.07) is 4.46. The molecule has 1 unspecified atom stereocenters. The lowest BCUT2D eigenvalue weighted by Crippen LogP contribution is -2.30. The summed E-state index contributed by atoms with van der Waals surface area (Å²) in [6.45, 7) is 5.10. The highest BCUT2D eigenvalue weighted by Crippen LogP contribution is 2.35. The van der Waals surface area contributed by atoms with Crippen LogP contribution in [0.1, 0.15) is 23.9 Å². The van der Waals surface area contributed by atoms with Gasteiger partial charge < -0.3 is 14.7 Å². The minimum atomic E-state index is -1.47. The molecule has 5 heterocycles. The lowest BCUT2D eigenvalue weighted by molar-refractivity contribution is 0.00420. The van der Waals surface area contributed by atoms with Crippen LogP contribution in [0.5, 0.6) is 5.75 Å². The number of ether oxygens (including phenoxy) is 1. The second-order valence-corrected chi connectivity index (χ2v) is 8.88. The molecule has 34 heavy (non-hydrogen) atoms. The van der Waals surface area contributed by atoms with E-state index in [1.807, 2.05) is 17.8 Å². The Balaban J connectivity index is 1.52. The zero-order valence-corrected chi connectivity index (χ0v) is 19.3. The molecule has 0 aromatic carbocycles. The minimum Gasteiger partial charge on any atom is -0.488 e. The minimum absolute atomic E-state index is 0.151. The van der Waals surface area contributed by atoms with Crippen LogP contribution in [0.4, 0.5) is 4.39 Å². The Morgan fingerprint density at radius 1 is 1.32 bits per heavy atom. The molecule has 1 atom stereocenters. The van der Waals surface area contributed by atoms with Gasteiger partial charge in [0.2, 0.25) is 0 Å².